The van der Waals surface area contributed by atoms with E-state index in [-0.39, 0.29) is 11.8 Å². The Hall–Kier alpha value is -2.34. The second kappa shape index (κ2) is 7.78. The molecule has 1 aromatic carbocycles. The molecule has 2 atom stereocenters. The molecule has 1 saturated heterocycles. The minimum atomic E-state index is -0.857. The highest BCUT2D eigenvalue weighted by Crippen LogP contribution is 2.14. The molecule has 124 valence electrons. The molecule has 3 N–H and O–H groups in total. The number of ether oxygens (including phenoxy) is 1. The third kappa shape index (κ3) is 4.82. The van der Waals surface area contributed by atoms with Gasteiger partial charge in [-0.1, -0.05) is 17.7 Å². The third-order valence-corrected chi connectivity index (χ3v) is 3.55. The zero-order valence-electron chi connectivity index (χ0n) is 13.3. The van der Waals surface area contributed by atoms with Crippen LogP contribution in [-0.2, 0) is 16.0 Å². The van der Waals surface area contributed by atoms with Gasteiger partial charge in [-0.2, -0.15) is 0 Å². The maximum absolute atomic E-state index is 11.9. The van der Waals surface area contributed by atoms with Crippen LogP contribution in [0.4, 0.5) is 0 Å². The first-order valence-corrected chi connectivity index (χ1v) is 7.56. The lowest BCUT2D eigenvalue weighted by molar-refractivity contribution is -0.137. The van der Waals surface area contributed by atoms with Crippen molar-refractivity contribution < 1.29 is 19.4 Å². The van der Waals surface area contributed by atoms with E-state index in [9.17, 15) is 9.59 Å². The van der Waals surface area contributed by atoms with Gasteiger partial charge in [0.25, 0.3) is 0 Å². The van der Waals surface area contributed by atoms with E-state index in [1.54, 1.807) is 0 Å². The SMILES string of the molecule is CC(C)=CCOc1ccc(C[C@H]2NC(=O)[C@@H](CO)NC2=O)cc1. The smallest absolute Gasteiger partial charge is 0.245 e. The third-order valence-electron chi connectivity index (χ3n) is 3.55. The van der Waals surface area contributed by atoms with Crippen LogP contribution in [0.5, 0.6) is 5.75 Å². The number of piperazine rings is 1. The van der Waals surface area contributed by atoms with Crippen molar-refractivity contribution in [3.05, 3.63) is 41.5 Å². The zero-order chi connectivity index (χ0) is 16.8. The van der Waals surface area contributed by atoms with Crippen molar-refractivity contribution in [2.75, 3.05) is 13.2 Å². The second-order valence-electron chi connectivity index (χ2n) is 5.75. The minimum Gasteiger partial charge on any atom is -0.490 e. The number of rotatable bonds is 6. The lowest BCUT2D eigenvalue weighted by atomic mass is 10.0. The molecule has 6 nitrogen and oxygen atoms in total. The van der Waals surface area contributed by atoms with Crippen molar-refractivity contribution in [2.24, 2.45) is 0 Å². The van der Waals surface area contributed by atoms with Crippen LogP contribution in [0.2, 0.25) is 0 Å². The van der Waals surface area contributed by atoms with Gasteiger partial charge < -0.3 is 20.5 Å². The second-order valence-corrected chi connectivity index (χ2v) is 5.75. The Balaban J connectivity index is 1.92. The van der Waals surface area contributed by atoms with Crippen molar-refractivity contribution >= 4 is 11.8 Å². The van der Waals surface area contributed by atoms with Gasteiger partial charge in [0, 0.05) is 6.42 Å². The predicted molar refractivity (Wildman–Crippen MR) is 86.0 cm³/mol. The fourth-order valence-corrected chi connectivity index (χ4v) is 2.21. The number of benzene rings is 1. The number of carbonyl (C=O) groups is 2. The van der Waals surface area contributed by atoms with E-state index >= 15 is 0 Å². The summed E-state index contributed by atoms with van der Waals surface area (Å²) >= 11 is 0. The van der Waals surface area contributed by atoms with Crippen molar-refractivity contribution in [1.29, 1.82) is 0 Å². The predicted octanol–water partition coefficient (Wildman–Crippen LogP) is 0.550. The molecule has 0 unspecified atom stereocenters. The summed E-state index contributed by atoms with van der Waals surface area (Å²) < 4.78 is 5.58. The Morgan fingerprint density at radius 2 is 1.74 bits per heavy atom. The molecule has 0 saturated carbocycles. The molecule has 1 aliphatic heterocycles. The van der Waals surface area contributed by atoms with Crippen LogP contribution < -0.4 is 15.4 Å². The van der Waals surface area contributed by atoms with Gasteiger partial charge in [-0.15, -0.1) is 0 Å². The topological polar surface area (TPSA) is 87.7 Å². The number of hydrogen-bond acceptors (Lipinski definition) is 4. The van der Waals surface area contributed by atoms with Gasteiger partial charge in [0.15, 0.2) is 0 Å². The number of hydrogen-bond donors (Lipinski definition) is 3. The molecule has 0 bridgehead atoms. The Labute approximate surface area is 135 Å². The lowest BCUT2D eigenvalue weighted by Gasteiger charge is -2.28. The molecule has 2 amide bonds. The van der Waals surface area contributed by atoms with Gasteiger partial charge in [0.1, 0.15) is 24.4 Å². The maximum Gasteiger partial charge on any atom is 0.245 e. The number of aliphatic hydroxyl groups is 1. The summed E-state index contributed by atoms with van der Waals surface area (Å²) in [5.74, 6) is 0.107. The van der Waals surface area contributed by atoms with E-state index in [2.05, 4.69) is 10.6 Å². The molecule has 0 aromatic heterocycles. The molecular weight excluding hydrogens is 296 g/mol. The Morgan fingerprint density at radius 1 is 1.13 bits per heavy atom. The summed E-state index contributed by atoms with van der Waals surface area (Å²) in [5, 5.41) is 14.1. The highest BCUT2D eigenvalue weighted by Gasteiger charge is 2.32. The first kappa shape index (κ1) is 17.0. The van der Waals surface area contributed by atoms with Crippen LogP contribution in [0, 0.1) is 0 Å². The number of nitrogens with one attached hydrogen (secondary N) is 2. The van der Waals surface area contributed by atoms with Crippen LogP contribution in [0.25, 0.3) is 0 Å². The molecule has 6 heteroatoms. The number of aliphatic hydroxyl groups excluding tert-OH is 1. The van der Waals surface area contributed by atoms with Crippen LogP contribution >= 0.6 is 0 Å². The molecule has 2 rings (SSSR count). The summed E-state index contributed by atoms with van der Waals surface area (Å²) in [6.45, 7) is 4.14. The van der Waals surface area contributed by atoms with Gasteiger partial charge in [-0.3, -0.25) is 9.59 Å². The van der Waals surface area contributed by atoms with E-state index in [4.69, 9.17) is 9.84 Å². The van der Waals surface area contributed by atoms with E-state index in [0.717, 1.165) is 11.3 Å². The van der Waals surface area contributed by atoms with Crippen molar-refractivity contribution in [3.63, 3.8) is 0 Å². The monoisotopic (exact) mass is 318 g/mol. The summed E-state index contributed by atoms with van der Waals surface area (Å²) in [6, 6.07) is 5.94. The zero-order valence-corrected chi connectivity index (χ0v) is 13.3. The van der Waals surface area contributed by atoms with E-state index < -0.39 is 18.7 Å². The van der Waals surface area contributed by atoms with Crippen LogP contribution in [0.15, 0.2) is 35.9 Å². The molecule has 1 fully saturated rings. The Bertz CT molecular complexity index is 591. The van der Waals surface area contributed by atoms with Crippen molar-refractivity contribution in [1.82, 2.24) is 10.6 Å². The molecule has 1 aliphatic rings. The van der Waals surface area contributed by atoms with E-state index in [1.165, 1.54) is 5.57 Å². The quantitative estimate of drug-likeness (QED) is 0.669. The van der Waals surface area contributed by atoms with Gasteiger partial charge >= 0.3 is 0 Å². The molecule has 0 radical (unpaired) electrons. The molecular formula is C17H22N2O4. The number of carbonyl (C=O) groups excluding carboxylic acids is 2. The molecule has 0 spiro atoms. The maximum atomic E-state index is 11.9. The highest BCUT2D eigenvalue weighted by molar-refractivity contribution is 5.97. The Morgan fingerprint density at radius 3 is 2.35 bits per heavy atom. The average Bonchev–Trinajstić information content (AvgIpc) is 2.52. The van der Waals surface area contributed by atoms with Gasteiger partial charge in [-0.05, 0) is 37.6 Å². The van der Waals surface area contributed by atoms with E-state index in [1.807, 2.05) is 44.2 Å². The molecule has 1 aromatic rings. The largest absolute Gasteiger partial charge is 0.490 e. The first-order valence-electron chi connectivity index (χ1n) is 7.56. The van der Waals surface area contributed by atoms with Crippen molar-refractivity contribution in [3.8, 4) is 5.75 Å². The summed E-state index contributed by atoms with van der Waals surface area (Å²) in [6.07, 6.45) is 2.39. The number of allylic oxidation sites excluding steroid dienone is 1. The average molecular weight is 318 g/mol. The van der Waals surface area contributed by atoms with Gasteiger partial charge in [-0.25, -0.2) is 0 Å². The minimum absolute atomic E-state index is 0.285. The summed E-state index contributed by atoms with van der Waals surface area (Å²) in [7, 11) is 0. The lowest BCUT2D eigenvalue weighted by Crippen LogP contribution is -2.63. The van der Waals surface area contributed by atoms with Crippen LogP contribution in [0.1, 0.15) is 19.4 Å². The Kier molecular flexibility index (Phi) is 5.76. The van der Waals surface area contributed by atoms with Crippen LogP contribution in [0.3, 0.4) is 0 Å². The van der Waals surface area contributed by atoms with Crippen molar-refractivity contribution in [2.45, 2.75) is 32.4 Å². The van der Waals surface area contributed by atoms with Gasteiger partial charge in [0.05, 0.1) is 6.61 Å². The first-order chi connectivity index (χ1) is 11.0. The normalized spacial score (nSPS) is 20.5. The number of amides is 2. The summed E-state index contributed by atoms with van der Waals surface area (Å²) in [5.41, 5.74) is 2.12. The standard InChI is InChI=1S/C17H22N2O4/c1-11(2)7-8-23-13-5-3-12(4-6-13)9-14-16(21)19-15(10-20)17(22)18-14/h3-7,14-15,20H,8-10H2,1-2H3,(H,18,22)(H,19,21)/t14-,15-/m1/s1. The highest BCUT2D eigenvalue weighted by atomic mass is 16.5. The van der Waals surface area contributed by atoms with E-state index in [0.29, 0.717) is 13.0 Å². The van der Waals surface area contributed by atoms with Gasteiger partial charge in [0.2, 0.25) is 11.8 Å². The molecule has 0 aliphatic carbocycles. The van der Waals surface area contributed by atoms with Crippen LogP contribution in [-0.4, -0.2) is 42.2 Å². The fraction of sp³-hybridized carbons (Fsp3) is 0.412. The fourth-order valence-electron chi connectivity index (χ4n) is 2.21. The molecule has 1 heterocycles. The molecule has 23 heavy (non-hydrogen) atoms. The summed E-state index contributed by atoms with van der Waals surface area (Å²) in [4.78, 5) is 23.6.